The van der Waals surface area contributed by atoms with Crippen LogP contribution in [0, 0.1) is 6.92 Å². The molecule has 1 fully saturated rings. The number of aliphatic imine (C=N–C) groups is 1. The lowest BCUT2D eigenvalue weighted by Gasteiger charge is -2.29. The number of anilines is 1. The number of pyridine rings is 2. The van der Waals surface area contributed by atoms with E-state index in [9.17, 15) is 0 Å². The topological polar surface area (TPSA) is 64.2 Å². The Kier molecular flexibility index (Phi) is 6.81. The Balaban J connectivity index is 1.30. The molecule has 0 radical (unpaired) electrons. The van der Waals surface area contributed by atoms with Crippen molar-refractivity contribution in [2.24, 2.45) is 4.99 Å². The molecule has 4 heterocycles. The Labute approximate surface area is 199 Å². The number of imidazole rings is 1. The van der Waals surface area contributed by atoms with Crippen LogP contribution >= 0.6 is 0 Å². The number of ether oxygens (including phenoxy) is 2. The van der Waals surface area contributed by atoms with Gasteiger partial charge in [-0.3, -0.25) is 4.99 Å². The fraction of sp³-hybridized carbons (Fsp3) is 0.296. The van der Waals surface area contributed by atoms with E-state index in [-0.39, 0.29) is 0 Å². The highest BCUT2D eigenvalue weighted by molar-refractivity contribution is 5.79. The summed E-state index contributed by atoms with van der Waals surface area (Å²) in [5.74, 6) is 0.624. The second kappa shape index (κ2) is 10.5. The molecule has 0 unspecified atom stereocenters. The third-order valence-electron chi connectivity index (χ3n) is 5.85. The molecule has 5 rings (SSSR count). The van der Waals surface area contributed by atoms with Gasteiger partial charge in [-0.2, -0.15) is 0 Å². The lowest BCUT2D eigenvalue weighted by Crippen LogP contribution is -2.36. The Morgan fingerprint density at radius 1 is 1.09 bits per heavy atom. The van der Waals surface area contributed by atoms with Crippen molar-refractivity contribution >= 4 is 17.5 Å². The molecule has 174 valence electrons. The first-order valence-electron chi connectivity index (χ1n) is 11.7. The first-order valence-corrected chi connectivity index (χ1v) is 11.7. The highest BCUT2D eigenvalue weighted by Crippen LogP contribution is 2.23. The molecule has 7 nitrogen and oxygen atoms in total. The van der Waals surface area contributed by atoms with Crippen LogP contribution in [0.3, 0.4) is 0 Å². The maximum absolute atomic E-state index is 6.12. The van der Waals surface area contributed by atoms with E-state index in [0.717, 1.165) is 61.0 Å². The molecule has 1 saturated heterocycles. The molecule has 0 bridgehead atoms. The Morgan fingerprint density at radius 3 is 2.88 bits per heavy atom. The number of nitrogens with zero attached hydrogens (tertiary/aromatic N) is 5. The number of fused-ring (bicyclic) bond motifs is 1. The second-order valence-corrected chi connectivity index (χ2v) is 8.42. The van der Waals surface area contributed by atoms with Crippen molar-refractivity contribution in [1.82, 2.24) is 14.4 Å². The van der Waals surface area contributed by atoms with Crippen LogP contribution < -0.4 is 9.64 Å². The van der Waals surface area contributed by atoms with Crippen molar-refractivity contribution in [2.75, 3.05) is 37.8 Å². The van der Waals surface area contributed by atoms with E-state index in [1.807, 2.05) is 48.9 Å². The van der Waals surface area contributed by atoms with E-state index in [2.05, 4.69) is 50.5 Å². The average molecular weight is 456 g/mol. The van der Waals surface area contributed by atoms with Gasteiger partial charge in [0, 0.05) is 55.6 Å². The van der Waals surface area contributed by atoms with E-state index in [0.29, 0.717) is 19.0 Å². The van der Waals surface area contributed by atoms with Crippen LogP contribution in [-0.2, 0) is 17.7 Å². The predicted octanol–water partition coefficient (Wildman–Crippen LogP) is 4.11. The summed E-state index contributed by atoms with van der Waals surface area (Å²) in [6, 6.07) is 18.4. The van der Waals surface area contributed by atoms with Gasteiger partial charge in [0.1, 0.15) is 5.65 Å². The van der Waals surface area contributed by atoms with E-state index < -0.39 is 0 Å². The zero-order chi connectivity index (χ0) is 23.2. The van der Waals surface area contributed by atoms with E-state index in [4.69, 9.17) is 14.5 Å². The monoisotopic (exact) mass is 455 g/mol. The van der Waals surface area contributed by atoms with Crippen LogP contribution in [0.2, 0.25) is 0 Å². The van der Waals surface area contributed by atoms with Crippen LogP contribution in [0.5, 0.6) is 5.88 Å². The number of rotatable bonds is 8. The van der Waals surface area contributed by atoms with Crippen molar-refractivity contribution in [3.63, 3.8) is 0 Å². The van der Waals surface area contributed by atoms with E-state index >= 15 is 0 Å². The molecule has 1 aliphatic heterocycles. The maximum atomic E-state index is 6.12. The van der Waals surface area contributed by atoms with Gasteiger partial charge in [0.15, 0.2) is 0 Å². The van der Waals surface area contributed by atoms with Crippen LogP contribution in [0.25, 0.3) is 5.65 Å². The zero-order valence-corrected chi connectivity index (χ0v) is 19.4. The molecule has 3 aromatic heterocycles. The first-order chi connectivity index (χ1) is 16.7. The van der Waals surface area contributed by atoms with Gasteiger partial charge in [0.2, 0.25) is 5.88 Å². The molecule has 0 saturated carbocycles. The van der Waals surface area contributed by atoms with Crippen molar-refractivity contribution in [3.05, 3.63) is 89.5 Å². The van der Waals surface area contributed by atoms with Gasteiger partial charge >= 0.3 is 0 Å². The fourth-order valence-corrected chi connectivity index (χ4v) is 4.13. The smallest absolute Gasteiger partial charge is 0.215 e. The lowest BCUT2D eigenvalue weighted by atomic mass is 10.1. The maximum Gasteiger partial charge on any atom is 0.215 e. The third-order valence-corrected chi connectivity index (χ3v) is 5.85. The molecule has 0 aliphatic carbocycles. The minimum absolute atomic E-state index is 0.496. The van der Waals surface area contributed by atoms with E-state index in [1.165, 1.54) is 5.56 Å². The van der Waals surface area contributed by atoms with Crippen molar-refractivity contribution in [3.8, 4) is 5.88 Å². The van der Waals surface area contributed by atoms with Gasteiger partial charge in [-0.1, -0.05) is 35.9 Å². The number of aromatic nitrogens is 3. The van der Waals surface area contributed by atoms with Crippen molar-refractivity contribution < 1.29 is 9.47 Å². The minimum Gasteiger partial charge on any atom is -0.477 e. The van der Waals surface area contributed by atoms with Gasteiger partial charge in [0.25, 0.3) is 0 Å². The molecule has 1 aromatic carbocycles. The number of aryl methyl sites for hydroxylation is 1. The van der Waals surface area contributed by atoms with Gasteiger partial charge in [-0.05, 0) is 30.7 Å². The normalized spacial score (nSPS) is 14.2. The van der Waals surface area contributed by atoms with Gasteiger partial charge in [-0.25, -0.2) is 9.97 Å². The largest absolute Gasteiger partial charge is 0.477 e. The van der Waals surface area contributed by atoms with Crippen molar-refractivity contribution in [1.29, 1.82) is 0 Å². The first kappa shape index (κ1) is 22.1. The highest BCUT2D eigenvalue weighted by atomic mass is 16.5. The number of morpholine rings is 1. The molecule has 0 amide bonds. The standard InChI is InChI=1S/C27H29N5O2/c1-21-5-4-6-22(15-21)18-28-19-23-16-25(31-10-13-33-14-11-31)17-27(30-23)34-12-8-24-20-29-26-7-2-3-9-32(24)26/h2-7,9,15-18,20H,8,10-14,19H2,1H3. The zero-order valence-electron chi connectivity index (χ0n) is 19.4. The molecule has 0 spiro atoms. The summed E-state index contributed by atoms with van der Waals surface area (Å²) in [4.78, 5) is 16.2. The highest BCUT2D eigenvalue weighted by Gasteiger charge is 2.14. The number of hydrogen-bond acceptors (Lipinski definition) is 6. The summed E-state index contributed by atoms with van der Waals surface area (Å²) in [5.41, 5.74) is 6.36. The molecule has 34 heavy (non-hydrogen) atoms. The predicted molar refractivity (Wildman–Crippen MR) is 134 cm³/mol. The summed E-state index contributed by atoms with van der Waals surface area (Å²) in [7, 11) is 0. The van der Waals surface area contributed by atoms with Gasteiger partial charge in [-0.15, -0.1) is 0 Å². The van der Waals surface area contributed by atoms with E-state index in [1.54, 1.807) is 0 Å². The van der Waals surface area contributed by atoms with Crippen LogP contribution in [0.4, 0.5) is 5.69 Å². The molecule has 7 heteroatoms. The summed E-state index contributed by atoms with van der Waals surface area (Å²) in [6.07, 6.45) is 6.58. The SMILES string of the molecule is Cc1cccc(C=NCc2cc(N3CCOCC3)cc(OCCc3cnc4ccccn34)n2)c1. The molecular weight excluding hydrogens is 426 g/mol. The van der Waals surface area contributed by atoms with Crippen LogP contribution in [-0.4, -0.2) is 53.5 Å². The third kappa shape index (κ3) is 5.43. The molecular formula is C27H29N5O2. The van der Waals surface area contributed by atoms with Crippen molar-refractivity contribution in [2.45, 2.75) is 19.9 Å². The summed E-state index contributed by atoms with van der Waals surface area (Å²) in [6.45, 7) is 6.28. The average Bonchev–Trinajstić information content (AvgIpc) is 3.28. The lowest BCUT2D eigenvalue weighted by molar-refractivity contribution is 0.122. The summed E-state index contributed by atoms with van der Waals surface area (Å²) < 4.78 is 13.7. The quantitative estimate of drug-likeness (QED) is 0.374. The van der Waals surface area contributed by atoms with Gasteiger partial charge in [0.05, 0.1) is 32.1 Å². The molecule has 4 aromatic rings. The number of hydrogen-bond donors (Lipinski definition) is 0. The number of benzene rings is 1. The summed E-state index contributed by atoms with van der Waals surface area (Å²) >= 11 is 0. The van der Waals surface area contributed by atoms with Crippen LogP contribution in [0.15, 0.2) is 72.0 Å². The Bertz CT molecular complexity index is 1280. The van der Waals surface area contributed by atoms with Gasteiger partial charge < -0.3 is 18.8 Å². The fourth-order valence-electron chi connectivity index (χ4n) is 4.13. The molecule has 0 atom stereocenters. The summed E-state index contributed by atoms with van der Waals surface area (Å²) in [5, 5.41) is 0. The second-order valence-electron chi connectivity index (χ2n) is 8.42. The Hall–Kier alpha value is -3.71. The van der Waals surface area contributed by atoms with Crippen LogP contribution in [0.1, 0.15) is 22.5 Å². The Morgan fingerprint density at radius 2 is 2.00 bits per heavy atom. The molecule has 0 N–H and O–H groups in total. The molecule has 1 aliphatic rings. The minimum atomic E-state index is 0.496.